The molecule has 2 rings (SSSR count). The molecule has 0 spiro atoms. The second-order valence-corrected chi connectivity index (χ2v) is 5.56. The van der Waals surface area contributed by atoms with Gasteiger partial charge in [-0.1, -0.05) is 19.1 Å². The number of benzene rings is 1. The fraction of sp³-hybridized carbons (Fsp3) is 0.625. The highest BCUT2D eigenvalue weighted by Gasteiger charge is 2.37. The highest BCUT2D eigenvalue weighted by Crippen LogP contribution is 2.41. The minimum Gasteiger partial charge on any atom is -0.494 e. The Morgan fingerprint density at radius 2 is 1.85 bits per heavy atom. The van der Waals surface area contributed by atoms with Crippen molar-refractivity contribution in [1.82, 2.24) is 0 Å². The van der Waals surface area contributed by atoms with Gasteiger partial charge in [-0.25, -0.2) is 8.78 Å². The second-order valence-electron chi connectivity index (χ2n) is 5.56. The van der Waals surface area contributed by atoms with Crippen molar-refractivity contribution in [3.8, 4) is 5.75 Å². The summed E-state index contributed by atoms with van der Waals surface area (Å²) in [6.07, 6.45) is 0.802. The normalized spacial score (nSPS) is 20.6. The molecule has 0 bridgehead atoms. The highest BCUT2D eigenvalue weighted by molar-refractivity contribution is 5.28. The molecule has 112 valence electrons. The van der Waals surface area contributed by atoms with Gasteiger partial charge in [-0.15, -0.1) is 0 Å². The first-order chi connectivity index (χ1) is 9.52. The van der Waals surface area contributed by atoms with E-state index in [2.05, 4.69) is 0 Å². The lowest BCUT2D eigenvalue weighted by Crippen LogP contribution is -2.27. The lowest BCUT2D eigenvalue weighted by molar-refractivity contribution is -0.0627. The second kappa shape index (κ2) is 6.53. The van der Waals surface area contributed by atoms with Crippen LogP contribution in [0, 0.1) is 5.92 Å². The van der Waals surface area contributed by atoms with Crippen molar-refractivity contribution in [2.24, 2.45) is 5.92 Å². The largest absolute Gasteiger partial charge is 0.494 e. The van der Waals surface area contributed by atoms with Crippen LogP contribution in [0.5, 0.6) is 5.75 Å². The molecule has 1 aliphatic rings. The van der Waals surface area contributed by atoms with E-state index in [0.29, 0.717) is 19.4 Å². The Balaban J connectivity index is 1.94. The fourth-order valence-electron chi connectivity index (χ4n) is 2.63. The SMILES string of the molecule is CCCOc1ccc(C(O)C2CCC(F)(F)CC2)cc1. The molecule has 0 aliphatic heterocycles. The van der Waals surface area contributed by atoms with Gasteiger partial charge in [-0.2, -0.15) is 0 Å². The van der Waals surface area contributed by atoms with Gasteiger partial charge in [0.15, 0.2) is 0 Å². The lowest BCUT2D eigenvalue weighted by atomic mass is 9.81. The molecule has 0 amide bonds. The number of ether oxygens (including phenoxy) is 1. The predicted molar refractivity (Wildman–Crippen MR) is 74.1 cm³/mol. The van der Waals surface area contributed by atoms with Gasteiger partial charge in [0.2, 0.25) is 5.92 Å². The van der Waals surface area contributed by atoms with Crippen LogP contribution in [0.15, 0.2) is 24.3 Å². The van der Waals surface area contributed by atoms with Crippen LogP contribution < -0.4 is 4.74 Å². The molecule has 1 aromatic carbocycles. The molecule has 0 radical (unpaired) electrons. The van der Waals surface area contributed by atoms with Gasteiger partial charge in [0, 0.05) is 12.8 Å². The number of halogens is 2. The zero-order valence-electron chi connectivity index (χ0n) is 11.8. The van der Waals surface area contributed by atoms with E-state index in [-0.39, 0.29) is 18.8 Å². The van der Waals surface area contributed by atoms with Gasteiger partial charge < -0.3 is 9.84 Å². The van der Waals surface area contributed by atoms with E-state index in [9.17, 15) is 13.9 Å². The van der Waals surface area contributed by atoms with E-state index in [0.717, 1.165) is 17.7 Å². The van der Waals surface area contributed by atoms with Crippen molar-refractivity contribution >= 4 is 0 Å². The van der Waals surface area contributed by atoms with Crippen LogP contribution in [0.2, 0.25) is 0 Å². The molecule has 0 aromatic heterocycles. The number of hydrogen-bond donors (Lipinski definition) is 1. The Morgan fingerprint density at radius 1 is 1.25 bits per heavy atom. The monoisotopic (exact) mass is 284 g/mol. The molecule has 1 unspecified atom stereocenters. The molecular formula is C16H22F2O2. The quantitative estimate of drug-likeness (QED) is 0.871. The minimum absolute atomic E-state index is 0.0722. The van der Waals surface area contributed by atoms with Crippen molar-refractivity contribution in [3.05, 3.63) is 29.8 Å². The van der Waals surface area contributed by atoms with Crippen LogP contribution in [0.4, 0.5) is 8.78 Å². The molecule has 1 fully saturated rings. The van der Waals surface area contributed by atoms with Crippen LogP contribution in [0.1, 0.15) is 50.7 Å². The highest BCUT2D eigenvalue weighted by atomic mass is 19.3. The summed E-state index contributed by atoms with van der Waals surface area (Å²) in [6.45, 7) is 2.70. The van der Waals surface area contributed by atoms with Crippen molar-refractivity contribution in [1.29, 1.82) is 0 Å². The minimum atomic E-state index is -2.55. The third kappa shape index (κ3) is 3.92. The van der Waals surface area contributed by atoms with Crippen LogP contribution in [0.25, 0.3) is 0 Å². The first-order valence-corrected chi connectivity index (χ1v) is 7.30. The summed E-state index contributed by atoms with van der Waals surface area (Å²) in [5.74, 6) is -1.84. The fourth-order valence-corrected chi connectivity index (χ4v) is 2.63. The van der Waals surface area contributed by atoms with Crippen molar-refractivity contribution in [2.45, 2.75) is 51.1 Å². The number of aliphatic hydroxyl groups excluding tert-OH is 1. The Labute approximate surface area is 118 Å². The topological polar surface area (TPSA) is 29.5 Å². The Morgan fingerprint density at radius 3 is 2.40 bits per heavy atom. The Hall–Kier alpha value is -1.16. The molecular weight excluding hydrogens is 262 g/mol. The van der Waals surface area contributed by atoms with Gasteiger partial charge in [0.1, 0.15) is 5.75 Å². The molecule has 20 heavy (non-hydrogen) atoms. The summed E-state index contributed by atoms with van der Waals surface area (Å²) in [5, 5.41) is 10.3. The van der Waals surface area contributed by atoms with E-state index >= 15 is 0 Å². The van der Waals surface area contributed by atoms with E-state index < -0.39 is 12.0 Å². The van der Waals surface area contributed by atoms with Crippen LogP contribution in [-0.4, -0.2) is 17.6 Å². The van der Waals surface area contributed by atoms with Gasteiger partial charge >= 0.3 is 0 Å². The molecule has 1 aliphatic carbocycles. The average Bonchev–Trinajstić information content (AvgIpc) is 2.45. The summed E-state index contributed by atoms with van der Waals surface area (Å²) >= 11 is 0. The van der Waals surface area contributed by atoms with Crippen molar-refractivity contribution in [2.75, 3.05) is 6.61 Å². The predicted octanol–water partition coefficient (Wildman–Crippen LogP) is 4.33. The maximum atomic E-state index is 13.1. The van der Waals surface area contributed by atoms with Gasteiger partial charge in [-0.3, -0.25) is 0 Å². The molecule has 1 N–H and O–H groups in total. The van der Waals surface area contributed by atoms with Crippen LogP contribution in [-0.2, 0) is 0 Å². The summed E-state index contributed by atoms with van der Waals surface area (Å²) in [6, 6.07) is 7.29. The maximum absolute atomic E-state index is 13.1. The zero-order chi connectivity index (χ0) is 14.6. The van der Waals surface area contributed by atoms with E-state index in [1.807, 2.05) is 31.2 Å². The van der Waals surface area contributed by atoms with Gasteiger partial charge in [0.05, 0.1) is 12.7 Å². The number of aliphatic hydroxyl groups is 1. The zero-order valence-corrected chi connectivity index (χ0v) is 11.8. The summed E-state index contributed by atoms with van der Waals surface area (Å²) < 4.78 is 31.7. The molecule has 0 saturated heterocycles. The van der Waals surface area contributed by atoms with Crippen LogP contribution >= 0.6 is 0 Å². The molecule has 1 aromatic rings. The molecule has 1 atom stereocenters. The number of rotatable bonds is 5. The number of hydrogen-bond acceptors (Lipinski definition) is 2. The van der Waals surface area contributed by atoms with E-state index in [1.54, 1.807) is 0 Å². The first-order valence-electron chi connectivity index (χ1n) is 7.30. The third-order valence-electron chi connectivity index (χ3n) is 3.90. The number of alkyl halides is 2. The summed E-state index contributed by atoms with van der Waals surface area (Å²) in [7, 11) is 0. The van der Waals surface area contributed by atoms with E-state index in [1.165, 1.54) is 0 Å². The molecule has 1 saturated carbocycles. The molecule has 2 nitrogen and oxygen atoms in total. The standard InChI is InChI=1S/C16H22F2O2/c1-2-11-20-14-5-3-12(4-6-14)15(19)13-7-9-16(17,18)10-8-13/h3-6,13,15,19H,2,7-11H2,1H3. The van der Waals surface area contributed by atoms with Crippen LogP contribution in [0.3, 0.4) is 0 Å². The molecule has 0 heterocycles. The Kier molecular flexibility index (Phi) is 4.97. The third-order valence-corrected chi connectivity index (χ3v) is 3.90. The summed E-state index contributed by atoms with van der Waals surface area (Å²) in [4.78, 5) is 0. The van der Waals surface area contributed by atoms with Crippen molar-refractivity contribution in [3.63, 3.8) is 0 Å². The first kappa shape index (κ1) is 15.2. The Bertz CT molecular complexity index is 407. The smallest absolute Gasteiger partial charge is 0.248 e. The average molecular weight is 284 g/mol. The van der Waals surface area contributed by atoms with Gasteiger partial charge in [-0.05, 0) is 42.9 Å². The lowest BCUT2D eigenvalue weighted by Gasteiger charge is -2.31. The van der Waals surface area contributed by atoms with Gasteiger partial charge in [0.25, 0.3) is 0 Å². The molecule has 4 heteroatoms. The summed E-state index contributed by atoms with van der Waals surface area (Å²) in [5.41, 5.74) is 0.782. The maximum Gasteiger partial charge on any atom is 0.248 e. The van der Waals surface area contributed by atoms with Crippen molar-refractivity contribution < 1.29 is 18.6 Å². The van der Waals surface area contributed by atoms with E-state index in [4.69, 9.17) is 4.74 Å².